The topological polar surface area (TPSA) is 16.1 Å². The van der Waals surface area contributed by atoms with Crippen LogP contribution in [0.15, 0.2) is 18.3 Å². The number of hydrogen-bond acceptors (Lipinski definition) is 2. The maximum Gasteiger partial charge on any atom is 0.0399 e. The highest BCUT2D eigenvalue weighted by atomic mass is 15.1. The normalized spacial score (nSPS) is 20.6. The lowest BCUT2D eigenvalue weighted by Gasteiger charge is -2.25. The Morgan fingerprint density at radius 1 is 1.25 bits per heavy atom. The van der Waals surface area contributed by atoms with Crippen LogP contribution in [0, 0.1) is 12.3 Å². The average Bonchev–Trinajstić information content (AvgIpc) is 2.39. The molecule has 0 aliphatic carbocycles. The largest absolute Gasteiger partial charge is 0.371 e. The highest BCUT2D eigenvalue weighted by Gasteiger charge is 2.23. The lowest BCUT2D eigenvalue weighted by Crippen LogP contribution is -2.25. The first kappa shape index (κ1) is 11.4. The molecule has 1 aromatic rings. The van der Waals surface area contributed by atoms with E-state index >= 15 is 0 Å². The second kappa shape index (κ2) is 4.44. The highest BCUT2D eigenvalue weighted by Crippen LogP contribution is 2.31. The smallest absolute Gasteiger partial charge is 0.0399 e. The molecule has 0 aromatic carbocycles. The molecule has 2 rings (SSSR count). The first-order valence-electron chi connectivity index (χ1n) is 6.24. The standard InChI is InChI=1S/C14H22N2/c1-12-11-13(5-8-15-12)16-9-4-6-14(2,3)7-10-16/h5,8,11H,4,6-7,9-10H2,1-3H3. The molecule has 0 unspecified atom stereocenters. The van der Waals surface area contributed by atoms with E-state index in [0.717, 1.165) is 5.69 Å². The third-order valence-corrected chi connectivity index (χ3v) is 3.59. The summed E-state index contributed by atoms with van der Waals surface area (Å²) in [7, 11) is 0. The molecule has 0 amide bonds. The minimum absolute atomic E-state index is 0.511. The first-order valence-corrected chi connectivity index (χ1v) is 6.24. The molecule has 2 heteroatoms. The van der Waals surface area contributed by atoms with Crippen molar-refractivity contribution in [3.8, 4) is 0 Å². The lowest BCUT2D eigenvalue weighted by atomic mass is 9.85. The molecular weight excluding hydrogens is 196 g/mol. The summed E-state index contributed by atoms with van der Waals surface area (Å²) in [5.74, 6) is 0. The van der Waals surface area contributed by atoms with Gasteiger partial charge in [0.1, 0.15) is 0 Å². The van der Waals surface area contributed by atoms with Crippen molar-refractivity contribution in [2.75, 3.05) is 18.0 Å². The molecular formula is C14H22N2. The fourth-order valence-corrected chi connectivity index (χ4v) is 2.41. The van der Waals surface area contributed by atoms with Gasteiger partial charge in [-0.25, -0.2) is 0 Å². The monoisotopic (exact) mass is 218 g/mol. The summed E-state index contributed by atoms with van der Waals surface area (Å²) in [6, 6.07) is 4.32. The maximum atomic E-state index is 4.26. The van der Waals surface area contributed by atoms with Crippen LogP contribution in [-0.2, 0) is 0 Å². The van der Waals surface area contributed by atoms with Gasteiger partial charge in [-0.15, -0.1) is 0 Å². The Labute approximate surface area is 98.7 Å². The fraction of sp³-hybridized carbons (Fsp3) is 0.643. The van der Waals surface area contributed by atoms with Crippen LogP contribution < -0.4 is 4.90 Å². The van der Waals surface area contributed by atoms with Crippen LogP contribution in [-0.4, -0.2) is 18.1 Å². The molecule has 2 nitrogen and oxygen atoms in total. The molecule has 0 spiro atoms. The Morgan fingerprint density at radius 2 is 2.06 bits per heavy atom. The van der Waals surface area contributed by atoms with Gasteiger partial charge >= 0.3 is 0 Å². The van der Waals surface area contributed by atoms with E-state index in [1.807, 2.05) is 6.20 Å². The fourth-order valence-electron chi connectivity index (χ4n) is 2.41. The van der Waals surface area contributed by atoms with E-state index in [4.69, 9.17) is 0 Å². The van der Waals surface area contributed by atoms with Gasteiger partial charge in [-0.1, -0.05) is 13.8 Å². The van der Waals surface area contributed by atoms with Crippen LogP contribution in [0.2, 0.25) is 0 Å². The molecule has 1 saturated heterocycles. The van der Waals surface area contributed by atoms with Gasteiger partial charge in [0.25, 0.3) is 0 Å². The Balaban J connectivity index is 2.11. The molecule has 16 heavy (non-hydrogen) atoms. The van der Waals surface area contributed by atoms with Crippen molar-refractivity contribution in [1.82, 2.24) is 4.98 Å². The summed E-state index contributed by atoms with van der Waals surface area (Å²) >= 11 is 0. The van der Waals surface area contributed by atoms with Crippen LogP contribution in [0.5, 0.6) is 0 Å². The number of aromatic nitrogens is 1. The Hall–Kier alpha value is -1.05. The second-order valence-corrected chi connectivity index (χ2v) is 5.66. The van der Waals surface area contributed by atoms with E-state index in [-0.39, 0.29) is 0 Å². The minimum atomic E-state index is 0.511. The van der Waals surface area contributed by atoms with Crippen LogP contribution in [0.1, 0.15) is 38.8 Å². The third-order valence-electron chi connectivity index (χ3n) is 3.59. The molecule has 0 saturated carbocycles. The van der Waals surface area contributed by atoms with Gasteiger partial charge in [-0.3, -0.25) is 4.98 Å². The minimum Gasteiger partial charge on any atom is -0.371 e. The van der Waals surface area contributed by atoms with Gasteiger partial charge in [0, 0.05) is 30.7 Å². The summed E-state index contributed by atoms with van der Waals surface area (Å²) in [5.41, 5.74) is 2.96. The number of hydrogen-bond donors (Lipinski definition) is 0. The predicted molar refractivity (Wildman–Crippen MR) is 68.8 cm³/mol. The van der Waals surface area contributed by atoms with E-state index in [2.05, 4.69) is 42.8 Å². The van der Waals surface area contributed by atoms with Crippen LogP contribution in [0.3, 0.4) is 0 Å². The molecule has 1 aliphatic rings. The Morgan fingerprint density at radius 3 is 2.81 bits per heavy atom. The van der Waals surface area contributed by atoms with E-state index in [9.17, 15) is 0 Å². The molecule has 1 aliphatic heterocycles. The SMILES string of the molecule is Cc1cc(N2CCCC(C)(C)CC2)ccn1. The highest BCUT2D eigenvalue weighted by molar-refractivity contribution is 5.46. The number of aryl methyl sites for hydroxylation is 1. The van der Waals surface area contributed by atoms with Crippen molar-refractivity contribution >= 4 is 5.69 Å². The van der Waals surface area contributed by atoms with Crippen molar-refractivity contribution in [1.29, 1.82) is 0 Å². The summed E-state index contributed by atoms with van der Waals surface area (Å²) in [6.07, 6.45) is 5.84. The number of anilines is 1. The van der Waals surface area contributed by atoms with E-state index in [1.165, 1.54) is 38.0 Å². The van der Waals surface area contributed by atoms with Crippen LogP contribution in [0.4, 0.5) is 5.69 Å². The van der Waals surface area contributed by atoms with Crippen LogP contribution in [0.25, 0.3) is 0 Å². The predicted octanol–water partition coefficient (Wildman–Crippen LogP) is 3.41. The van der Waals surface area contributed by atoms with Gasteiger partial charge in [0.2, 0.25) is 0 Å². The van der Waals surface area contributed by atoms with Crippen molar-refractivity contribution in [3.63, 3.8) is 0 Å². The van der Waals surface area contributed by atoms with Crippen molar-refractivity contribution in [3.05, 3.63) is 24.0 Å². The number of nitrogens with zero attached hydrogens (tertiary/aromatic N) is 2. The van der Waals surface area contributed by atoms with Gasteiger partial charge in [-0.05, 0) is 43.7 Å². The molecule has 0 atom stereocenters. The van der Waals surface area contributed by atoms with Gasteiger partial charge < -0.3 is 4.90 Å². The van der Waals surface area contributed by atoms with E-state index in [1.54, 1.807) is 0 Å². The third kappa shape index (κ3) is 2.75. The molecule has 0 radical (unpaired) electrons. The van der Waals surface area contributed by atoms with Crippen molar-refractivity contribution in [2.24, 2.45) is 5.41 Å². The molecule has 0 bridgehead atoms. The second-order valence-electron chi connectivity index (χ2n) is 5.66. The Bertz CT molecular complexity index is 358. The van der Waals surface area contributed by atoms with E-state index in [0.29, 0.717) is 5.41 Å². The van der Waals surface area contributed by atoms with Gasteiger partial charge in [0.05, 0.1) is 0 Å². The average molecular weight is 218 g/mol. The first-order chi connectivity index (χ1) is 7.57. The zero-order valence-corrected chi connectivity index (χ0v) is 10.7. The Kier molecular flexibility index (Phi) is 3.17. The van der Waals surface area contributed by atoms with Crippen molar-refractivity contribution < 1.29 is 0 Å². The maximum absolute atomic E-state index is 4.26. The molecule has 0 N–H and O–H groups in total. The van der Waals surface area contributed by atoms with Crippen molar-refractivity contribution in [2.45, 2.75) is 40.0 Å². The summed E-state index contributed by atoms with van der Waals surface area (Å²) in [5, 5.41) is 0. The molecule has 1 aromatic heterocycles. The summed E-state index contributed by atoms with van der Waals surface area (Å²) in [6.45, 7) is 9.19. The summed E-state index contributed by atoms with van der Waals surface area (Å²) < 4.78 is 0. The molecule has 88 valence electrons. The molecule has 1 fully saturated rings. The number of rotatable bonds is 1. The van der Waals surface area contributed by atoms with Gasteiger partial charge in [-0.2, -0.15) is 0 Å². The van der Waals surface area contributed by atoms with Gasteiger partial charge in [0.15, 0.2) is 0 Å². The quantitative estimate of drug-likeness (QED) is 0.718. The lowest BCUT2D eigenvalue weighted by molar-refractivity contribution is 0.325. The molecule has 2 heterocycles. The number of pyridine rings is 1. The zero-order chi connectivity index (χ0) is 11.6. The van der Waals surface area contributed by atoms with Crippen LogP contribution >= 0.6 is 0 Å². The van der Waals surface area contributed by atoms with E-state index < -0.39 is 0 Å². The zero-order valence-electron chi connectivity index (χ0n) is 10.7. The summed E-state index contributed by atoms with van der Waals surface area (Å²) in [4.78, 5) is 6.76.